The highest BCUT2D eigenvalue weighted by Crippen LogP contribution is 2.22. The highest BCUT2D eigenvalue weighted by atomic mass is 19.1. The number of nitrogens with one attached hydrogen (secondary N) is 1. The van der Waals surface area contributed by atoms with Crippen molar-refractivity contribution in [1.29, 1.82) is 0 Å². The minimum Gasteiger partial charge on any atom is -0.444 e. The number of hydrogen-bond donors (Lipinski definition) is 1. The van der Waals surface area contributed by atoms with Crippen LogP contribution in [0.3, 0.4) is 0 Å². The van der Waals surface area contributed by atoms with Crippen LogP contribution in [-0.4, -0.2) is 16.6 Å². The van der Waals surface area contributed by atoms with Gasteiger partial charge in [-0.25, -0.2) is 4.79 Å². The molecule has 20 heavy (non-hydrogen) atoms. The van der Waals surface area contributed by atoms with E-state index in [1.807, 2.05) is 0 Å². The molecule has 110 valence electrons. The van der Waals surface area contributed by atoms with Gasteiger partial charge in [-0.05, 0) is 39.3 Å². The second kappa shape index (κ2) is 5.85. The van der Waals surface area contributed by atoms with E-state index in [0.29, 0.717) is 5.56 Å². The lowest BCUT2D eigenvalue weighted by molar-refractivity contribution is -0.387. The predicted octanol–water partition coefficient (Wildman–Crippen LogP) is 3.32. The molecule has 0 fully saturated rings. The number of nitro benzene ring substituents is 1. The molecule has 0 aliphatic heterocycles. The molecule has 1 rings (SSSR count). The van der Waals surface area contributed by atoms with Crippen LogP contribution in [0.1, 0.15) is 39.3 Å². The molecule has 1 N–H and O–H groups in total. The molecule has 1 amide bonds. The Hall–Kier alpha value is -2.18. The van der Waals surface area contributed by atoms with Crippen molar-refractivity contribution >= 4 is 11.8 Å². The Balaban J connectivity index is 2.83. The number of alkyl carbamates (subject to hydrolysis) is 1. The molecule has 0 aromatic heterocycles. The molecular weight excluding hydrogens is 267 g/mol. The van der Waals surface area contributed by atoms with Crippen molar-refractivity contribution < 1.29 is 18.8 Å². The largest absolute Gasteiger partial charge is 0.444 e. The average molecular weight is 284 g/mol. The van der Waals surface area contributed by atoms with Crippen molar-refractivity contribution in [2.24, 2.45) is 0 Å². The first kappa shape index (κ1) is 15.9. The van der Waals surface area contributed by atoms with Crippen LogP contribution in [0.15, 0.2) is 18.2 Å². The second-order valence-corrected chi connectivity index (χ2v) is 5.34. The molecule has 1 atom stereocenters. The summed E-state index contributed by atoms with van der Waals surface area (Å²) >= 11 is 0. The van der Waals surface area contributed by atoms with Gasteiger partial charge >= 0.3 is 11.8 Å². The van der Waals surface area contributed by atoms with Crippen molar-refractivity contribution in [3.63, 3.8) is 0 Å². The van der Waals surface area contributed by atoms with E-state index in [-0.39, 0.29) is 0 Å². The minimum atomic E-state index is -0.914. The molecule has 0 saturated heterocycles. The van der Waals surface area contributed by atoms with Gasteiger partial charge in [-0.15, -0.1) is 0 Å². The molecule has 1 unspecified atom stereocenters. The number of halogens is 1. The maximum Gasteiger partial charge on any atom is 0.408 e. The van der Waals surface area contributed by atoms with Crippen molar-refractivity contribution in [3.8, 4) is 0 Å². The Morgan fingerprint density at radius 3 is 2.55 bits per heavy atom. The molecule has 0 radical (unpaired) electrons. The zero-order valence-corrected chi connectivity index (χ0v) is 11.8. The van der Waals surface area contributed by atoms with Crippen LogP contribution in [0, 0.1) is 15.9 Å². The normalized spacial score (nSPS) is 12.7. The number of ether oxygens (including phenoxy) is 1. The Morgan fingerprint density at radius 2 is 2.05 bits per heavy atom. The van der Waals surface area contributed by atoms with Crippen molar-refractivity contribution in [2.45, 2.75) is 39.3 Å². The number of nitrogens with zero attached hydrogens (tertiary/aromatic N) is 1. The van der Waals surface area contributed by atoms with E-state index < -0.39 is 34.2 Å². The summed E-state index contributed by atoms with van der Waals surface area (Å²) in [7, 11) is 0. The lowest BCUT2D eigenvalue weighted by Crippen LogP contribution is -2.34. The van der Waals surface area contributed by atoms with Gasteiger partial charge in [0.25, 0.3) is 0 Å². The molecule has 0 heterocycles. The predicted molar refractivity (Wildman–Crippen MR) is 70.8 cm³/mol. The topological polar surface area (TPSA) is 81.5 Å². The smallest absolute Gasteiger partial charge is 0.408 e. The Labute approximate surface area is 116 Å². The number of benzene rings is 1. The fourth-order valence-electron chi connectivity index (χ4n) is 1.51. The van der Waals surface area contributed by atoms with E-state index in [1.165, 1.54) is 6.07 Å². The van der Waals surface area contributed by atoms with Crippen LogP contribution in [0.2, 0.25) is 0 Å². The van der Waals surface area contributed by atoms with E-state index in [2.05, 4.69) is 5.32 Å². The van der Waals surface area contributed by atoms with Crippen molar-refractivity contribution in [1.82, 2.24) is 5.32 Å². The summed E-state index contributed by atoms with van der Waals surface area (Å²) in [6, 6.07) is 2.94. The SMILES string of the molecule is CC(NC(=O)OC(C)(C)C)c1ccc(F)c([N+](=O)[O-])c1. The third-order valence-corrected chi connectivity index (χ3v) is 2.40. The summed E-state index contributed by atoms with van der Waals surface area (Å²) in [5, 5.41) is 13.2. The first-order valence-electron chi connectivity index (χ1n) is 6.03. The molecule has 6 nitrogen and oxygen atoms in total. The highest BCUT2D eigenvalue weighted by Gasteiger charge is 2.20. The molecule has 0 aliphatic rings. The van der Waals surface area contributed by atoms with Crippen LogP contribution in [0.4, 0.5) is 14.9 Å². The molecule has 0 aliphatic carbocycles. The van der Waals surface area contributed by atoms with Crippen LogP contribution in [0.25, 0.3) is 0 Å². The molecule has 0 bridgehead atoms. The maximum atomic E-state index is 13.2. The quantitative estimate of drug-likeness (QED) is 0.682. The Morgan fingerprint density at radius 1 is 1.45 bits per heavy atom. The fourth-order valence-corrected chi connectivity index (χ4v) is 1.51. The second-order valence-electron chi connectivity index (χ2n) is 5.34. The van der Waals surface area contributed by atoms with Crippen molar-refractivity contribution in [3.05, 3.63) is 39.7 Å². The Bertz CT molecular complexity index is 526. The number of carbonyl (C=O) groups is 1. The standard InChI is InChI=1S/C13H17FN2O4/c1-8(15-12(17)20-13(2,3)4)9-5-6-10(14)11(7-9)16(18)19/h5-8H,1-4H3,(H,15,17). The number of amides is 1. The van der Waals surface area contributed by atoms with E-state index >= 15 is 0 Å². The summed E-state index contributed by atoms with van der Waals surface area (Å²) in [5.41, 5.74) is -0.845. The summed E-state index contributed by atoms with van der Waals surface area (Å²) in [5.74, 6) is -0.914. The summed E-state index contributed by atoms with van der Waals surface area (Å²) < 4.78 is 18.3. The van der Waals surface area contributed by atoms with Gasteiger partial charge in [-0.1, -0.05) is 6.07 Å². The molecule has 1 aromatic rings. The highest BCUT2D eigenvalue weighted by molar-refractivity contribution is 5.68. The van der Waals surface area contributed by atoms with Gasteiger partial charge in [0.1, 0.15) is 5.60 Å². The third-order valence-electron chi connectivity index (χ3n) is 2.40. The van der Waals surface area contributed by atoms with Gasteiger partial charge in [0.2, 0.25) is 5.82 Å². The molecule has 0 saturated carbocycles. The molecular formula is C13H17FN2O4. The van der Waals surface area contributed by atoms with Gasteiger partial charge in [0.15, 0.2) is 0 Å². The lowest BCUT2D eigenvalue weighted by Gasteiger charge is -2.22. The van der Waals surface area contributed by atoms with E-state index in [0.717, 1.165) is 12.1 Å². The van der Waals surface area contributed by atoms with Crippen LogP contribution in [0.5, 0.6) is 0 Å². The van der Waals surface area contributed by atoms with Gasteiger partial charge < -0.3 is 10.1 Å². The minimum absolute atomic E-state index is 0.420. The lowest BCUT2D eigenvalue weighted by atomic mass is 10.1. The third kappa shape index (κ3) is 4.49. The first-order valence-corrected chi connectivity index (χ1v) is 6.03. The van der Waals surface area contributed by atoms with Crippen molar-refractivity contribution in [2.75, 3.05) is 0 Å². The van der Waals surface area contributed by atoms with E-state index in [9.17, 15) is 19.3 Å². The summed E-state index contributed by atoms with van der Waals surface area (Å²) in [6.07, 6.45) is -0.642. The van der Waals surface area contributed by atoms with Gasteiger partial charge in [0, 0.05) is 6.07 Å². The van der Waals surface area contributed by atoms with Gasteiger partial charge in [0.05, 0.1) is 11.0 Å². The first-order chi connectivity index (χ1) is 9.10. The summed E-state index contributed by atoms with van der Waals surface area (Å²) in [4.78, 5) is 21.4. The van der Waals surface area contributed by atoms with Crippen LogP contribution in [-0.2, 0) is 4.74 Å². The monoisotopic (exact) mass is 284 g/mol. The Kier molecular flexibility index (Phi) is 4.65. The van der Waals surface area contributed by atoms with E-state index in [4.69, 9.17) is 4.74 Å². The van der Waals surface area contributed by atoms with E-state index in [1.54, 1.807) is 27.7 Å². The number of hydrogen-bond acceptors (Lipinski definition) is 4. The van der Waals surface area contributed by atoms with Gasteiger partial charge in [-0.2, -0.15) is 4.39 Å². The molecule has 1 aromatic carbocycles. The van der Waals surface area contributed by atoms with Gasteiger partial charge in [-0.3, -0.25) is 10.1 Å². The maximum absolute atomic E-state index is 13.2. The molecule has 0 spiro atoms. The summed E-state index contributed by atoms with van der Waals surface area (Å²) in [6.45, 7) is 6.79. The zero-order chi connectivity index (χ0) is 15.5. The number of rotatable bonds is 3. The average Bonchev–Trinajstić information content (AvgIpc) is 2.26. The number of carbonyl (C=O) groups excluding carboxylic acids is 1. The van der Waals surface area contributed by atoms with Crippen LogP contribution >= 0.6 is 0 Å². The zero-order valence-electron chi connectivity index (χ0n) is 11.8. The molecule has 7 heteroatoms. The fraction of sp³-hybridized carbons (Fsp3) is 0.462. The van der Waals surface area contributed by atoms with Crippen LogP contribution < -0.4 is 5.32 Å². The number of nitro groups is 1.